The van der Waals surface area contributed by atoms with Gasteiger partial charge in [0.2, 0.25) is 11.8 Å². The zero-order valence-corrected chi connectivity index (χ0v) is 15.4. The summed E-state index contributed by atoms with van der Waals surface area (Å²) >= 11 is 0. The summed E-state index contributed by atoms with van der Waals surface area (Å²) in [6.45, 7) is 5.88. The number of piperazine rings is 1. The molecule has 3 amide bonds. The van der Waals surface area contributed by atoms with Crippen LogP contribution in [0.4, 0.5) is 5.69 Å². The van der Waals surface area contributed by atoms with Crippen molar-refractivity contribution in [2.45, 2.75) is 13.0 Å². The van der Waals surface area contributed by atoms with Crippen LogP contribution < -0.4 is 10.6 Å². The Balaban J connectivity index is 1.99. The van der Waals surface area contributed by atoms with Gasteiger partial charge >= 0.3 is 0 Å². The normalized spacial score (nSPS) is 16.2. The van der Waals surface area contributed by atoms with E-state index in [1.54, 1.807) is 0 Å². The first-order chi connectivity index (χ1) is 13.4. The van der Waals surface area contributed by atoms with Gasteiger partial charge in [-0.2, -0.15) is 0 Å². The second-order valence-electron chi connectivity index (χ2n) is 6.47. The summed E-state index contributed by atoms with van der Waals surface area (Å²) in [4.78, 5) is 38.8. The van der Waals surface area contributed by atoms with Crippen molar-refractivity contribution < 1.29 is 19.5 Å². The Labute approximate surface area is 162 Å². The number of hydrogen-bond donors (Lipinski definition) is 3. The number of aromatic hydroxyl groups is 1. The minimum Gasteiger partial charge on any atom is -0.507 e. The molecule has 0 aliphatic carbocycles. The second kappa shape index (κ2) is 7.96. The zero-order chi connectivity index (χ0) is 20.3. The van der Waals surface area contributed by atoms with Gasteiger partial charge in [0, 0.05) is 18.8 Å². The highest BCUT2D eigenvalue weighted by Gasteiger charge is 2.36. The smallest absolute Gasteiger partial charge is 0.258 e. The van der Waals surface area contributed by atoms with E-state index < -0.39 is 17.9 Å². The number of carbonyl (C=O) groups is 3. The molecule has 0 bridgehead atoms. The first kappa shape index (κ1) is 19.2. The fourth-order valence-electron chi connectivity index (χ4n) is 3.22. The second-order valence-corrected chi connectivity index (χ2v) is 6.47. The lowest BCUT2D eigenvalue weighted by Crippen LogP contribution is -2.52. The summed E-state index contributed by atoms with van der Waals surface area (Å²) in [5.74, 6) is -1.42. The lowest BCUT2D eigenvalue weighted by Gasteiger charge is -2.36. The molecule has 1 fully saturated rings. The number of nitrogens with one attached hydrogen (secondary N) is 2. The molecule has 1 unspecified atom stereocenters. The lowest BCUT2D eigenvalue weighted by molar-refractivity contribution is -0.128. The average Bonchev–Trinajstić information content (AvgIpc) is 2.69. The van der Waals surface area contributed by atoms with Crippen LogP contribution in [0.25, 0.3) is 0 Å². The highest BCUT2D eigenvalue weighted by atomic mass is 16.3. The van der Waals surface area contributed by atoms with E-state index in [9.17, 15) is 19.5 Å². The number of phenolic OH excluding ortho intramolecular Hbond substituents is 1. The van der Waals surface area contributed by atoms with E-state index in [1.165, 1.54) is 23.1 Å². The van der Waals surface area contributed by atoms with E-state index in [2.05, 4.69) is 17.2 Å². The minimum absolute atomic E-state index is 0.00939. The molecule has 0 spiro atoms. The number of hydrogen-bond acceptors (Lipinski definition) is 4. The van der Waals surface area contributed by atoms with Crippen LogP contribution >= 0.6 is 0 Å². The third-order valence-electron chi connectivity index (χ3n) is 4.64. The topological polar surface area (TPSA) is 98.7 Å². The van der Waals surface area contributed by atoms with Crippen molar-refractivity contribution in [3.8, 4) is 5.75 Å². The van der Waals surface area contributed by atoms with Crippen LogP contribution in [0.1, 0.15) is 27.5 Å². The Morgan fingerprint density at radius 3 is 2.75 bits per heavy atom. The Morgan fingerprint density at radius 1 is 1.29 bits per heavy atom. The number of benzene rings is 2. The van der Waals surface area contributed by atoms with Gasteiger partial charge in [0.1, 0.15) is 11.8 Å². The Kier molecular flexibility index (Phi) is 5.44. The summed E-state index contributed by atoms with van der Waals surface area (Å²) in [5, 5.41) is 15.6. The largest absolute Gasteiger partial charge is 0.507 e. The van der Waals surface area contributed by atoms with Gasteiger partial charge in [0.25, 0.3) is 5.91 Å². The van der Waals surface area contributed by atoms with Crippen molar-refractivity contribution >= 4 is 23.4 Å². The van der Waals surface area contributed by atoms with Gasteiger partial charge < -0.3 is 20.6 Å². The molecule has 28 heavy (non-hydrogen) atoms. The Hall–Kier alpha value is -3.61. The molecule has 2 aromatic rings. The summed E-state index contributed by atoms with van der Waals surface area (Å²) < 4.78 is 0. The molecular weight excluding hydrogens is 358 g/mol. The van der Waals surface area contributed by atoms with Crippen molar-refractivity contribution in [3.63, 3.8) is 0 Å². The first-order valence-electron chi connectivity index (χ1n) is 8.83. The van der Waals surface area contributed by atoms with Crippen molar-refractivity contribution in [1.29, 1.82) is 0 Å². The molecule has 3 rings (SSSR count). The molecule has 7 nitrogen and oxygen atoms in total. The molecule has 2 aromatic carbocycles. The SMILES string of the molecule is C=CC(=O)Nc1ccc(O)c(C(=O)N2CCNC(=O)C2c2ccccc2C)c1. The molecule has 0 aromatic heterocycles. The maximum Gasteiger partial charge on any atom is 0.258 e. The van der Waals surface area contributed by atoms with Crippen molar-refractivity contribution in [2.24, 2.45) is 0 Å². The minimum atomic E-state index is -0.798. The summed E-state index contributed by atoms with van der Waals surface area (Å²) in [6, 6.07) is 10.8. The lowest BCUT2D eigenvalue weighted by atomic mass is 9.97. The number of amides is 3. The van der Waals surface area contributed by atoms with Crippen molar-refractivity contribution in [1.82, 2.24) is 10.2 Å². The number of aryl methyl sites for hydroxylation is 1. The van der Waals surface area contributed by atoms with Crippen LogP contribution in [-0.4, -0.2) is 40.8 Å². The molecule has 0 radical (unpaired) electrons. The zero-order valence-electron chi connectivity index (χ0n) is 15.4. The molecule has 144 valence electrons. The van der Waals surface area contributed by atoms with Crippen LogP contribution in [0, 0.1) is 6.92 Å². The Bertz CT molecular complexity index is 954. The summed E-state index contributed by atoms with van der Waals surface area (Å²) in [7, 11) is 0. The highest BCUT2D eigenvalue weighted by molar-refractivity contribution is 6.03. The number of rotatable bonds is 4. The van der Waals surface area contributed by atoms with Gasteiger partial charge in [0.05, 0.1) is 5.56 Å². The van der Waals surface area contributed by atoms with Crippen LogP contribution in [-0.2, 0) is 9.59 Å². The molecule has 1 aliphatic heterocycles. The van der Waals surface area contributed by atoms with Crippen LogP contribution in [0.3, 0.4) is 0 Å². The quantitative estimate of drug-likeness (QED) is 0.560. The van der Waals surface area contributed by atoms with Gasteiger partial charge in [-0.05, 0) is 42.3 Å². The molecule has 1 atom stereocenters. The predicted molar refractivity (Wildman–Crippen MR) is 105 cm³/mol. The van der Waals surface area contributed by atoms with Crippen LogP contribution in [0.2, 0.25) is 0 Å². The maximum atomic E-state index is 13.2. The molecule has 1 saturated heterocycles. The molecule has 7 heteroatoms. The summed E-state index contributed by atoms with van der Waals surface area (Å²) in [6.07, 6.45) is 1.11. The van der Waals surface area contributed by atoms with Gasteiger partial charge in [-0.1, -0.05) is 30.8 Å². The molecule has 0 saturated carbocycles. The molecule has 1 heterocycles. The van der Waals surface area contributed by atoms with Gasteiger partial charge in [0.15, 0.2) is 0 Å². The van der Waals surface area contributed by atoms with Crippen molar-refractivity contribution in [3.05, 3.63) is 71.8 Å². The molecular formula is C21H21N3O4. The standard InChI is InChI=1S/C21H21N3O4/c1-3-18(26)23-14-8-9-17(25)16(12-14)21(28)24-11-10-22-20(27)19(24)15-7-5-4-6-13(15)2/h3-9,12,19,25H,1,10-11H2,2H3,(H,22,27)(H,23,26). The predicted octanol–water partition coefficient (Wildman–Crippen LogP) is 2.14. The van der Waals surface area contributed by atoms with E-state index in [-0.39, 0.29) is 17.2 Å². The summed E-state index contributed by atoms with van der Waals surface area (Å²) in [5.41, 5.74) is 1.97. The monoisotopic (exact) mass is 379 g/mol. The molecule has 3 N–H and O–H groups in total. The van der Waals surface area contributed by atoms with Gasteiger partial charge in [-0.15, -0.1) is 0 Å². The fourth-order valence-corrected chi connectivity index (χ4v) is 3.22. The van der Waals surface area contributed by atoms with Gasteiger partial charge in [-0.25, -0.2) is 0 Å². The molecule has 1 aliphatic rings. The number of nitrogens with zero attached hydrogens (tertiary/aromatic N) is 1. The number of phenols is 1. The van der Waals surface area contributed by atoms with Crippen molar-refractivity contribution in [2.75, 3.05) is 18.4 Å². The van der Waals surface area contributed by atoms with Crippen LogP contribution in [0.15, 0.2) is 55.1 Å². The number of carbonyl (C=O) groups excluding carboxylic acids is 3. The first-order valence-corrected chi connectivity index (χ1v) is 8.83. The highest BCUT2D eigenvalue weighted by Crippen LogP contribution is 2.30. The maximum absolute atomic E-state index is 13.2. The third kappa shape index (κ3) is 3.73. The average molecular weight is 379 g/mol. The number of anilines is 1. The van der Waals surface area contributed by atoms with E-state index in [1.807, 2.05) is 31.2 Å². The van der Waals surface area contributed by atoms with Gasteiger partial charge in [-0.3, -0.25) is 14.4 Å². The van der Waals surface area contributed by atoms with E-state index >= 15 is 0 Å². The van der Waals surface area contributed by atoms with E-state index in [0.717, 1.165) is 17.2 Å². The van der Waals surface area contributed by atoms with E-state index in [0.29, 0.717) is 18.8 Å². The third-order valence-corrected chi connectivity index (χ3v) is 4.64. The van der Waals surface area contributed by atoms with E-state index in [4.69, 9.17) is 0 Å². The Morgan fingerprint density at radius 2 is 2.04 bits per heavy atom. The fraction of sp³-hybridized carbons (Fsp3) is 0.190. The van der Waals surface area contributed by atoms with Crippen LogP contribution in [0.5, 0.6) is 5.75 Å².